The summed E-state index contributed by atoms with van der Waals surface area (Å²) in [6, 6.07) is 5.50. The van der Waals surface area contributed by atoms with Crippen LogP contribution in [0, 0.1) is 4.77 Å². The number of rotatable bonds is 5. The molecule has 2 aromatic rings. The molecule has 7 nitrogen and oxygen atoms in total. The first kappa shape index (κ1) is 17.2. The second-order valence-corrected chi connectivity index (χ2v) is 6.17. The van der Waals surface area contributed by atoms with Gasteiger partial charge in [-0.2, -0.15) is 0 Å². The maximum Gasteiger partial charge on any atom is 0.264 e. The van der Waals surface area contributed by atoms with Gasteiger partial charge in [0.25, 0.3) is 5.56 Å². The Hall–Kier alpha value is -2.61. The minimum atomic E-state index is -0.462. The van der Waals surface area contributed by atoms with Crippen LogP contribution in [0.1, 0.15) is 37.4 Å². The summed E-state index contributed by atoms with van der Waals surface area (Å²) in [4.78, 5) is 18.9. The standard InChI is InChI=1S/C17H19N3O4S/c1-3-10(2)20-16(22)12(15(21)19-17(20)25)8-18-7-11-4-5-13-14(6-11)24-9-23-13/h4-6,8,10,22H,3,7,9H2,1-2H3,(H,19,21,25)/t10-/m1/s1. The predicted molar refractivity (Wildman–Crippen MR) is 96.4 cm³/mol. The maximum absolute atomic E-state index is 12.1. The van der Waals surface area contributed by atoms with Gasteiger partial charge in [0.15, 0.2) is 16.3 Å². The minimum Gasteiger partial charge on any atom is -0.494 e. The van der Waals surface area contributed by atoms with E-state index in [0.717, 1.165) is 12.0 Å². The Kier molecular flexibility index (Phi) is 4.89. The molecule has 0 aliphatic carbocycles. The van der Waals surface area contributed by atoms with Crippen LogP contribution in [0.4, 0.5) is 0 Å². The zero-order chi connectivity index (χ0) is 18.0. The van der Waals surface area contributed by atoms with Gasteiger partial charge in [0.05, 0.1) is 6.54 Å². The molecule has 1 aliphatic heterocycles. The average Bonchev–Trinajstić information content (AvgIpc) is 3.05. The Labute approximate surface area is 149 Å². The van der Waals surface area contributed by atoms with E-state index in [0.29, 0.717) is 18.0 Å². The largest absolute Gasteiger partial charge is 0.494 e. The Morgan fingerprint density at radius 2 is 2.20 bits per heavy atom. The van der Waals surface area contributed by atoms with Crippen molar-refractivity contribution in [1.82, 2.24) is 9.55 Å². The highest BCUT2D eigenvalue weighted by Crippen LogP contribution is 2.32. The monoisotopic (exact) mass is 361 g/mol. The van der Waals surface area contributed by atoms with Crippen molar-refractivity contribution in [3.05, 3.63) is 44.5 Å². The number of ether oxygens (including phenoxy) is 2. The molecule has 1 aromatic heterocycles. The Balaban J connectivity index is 1.86. The second-order valence-electron chi connectivity index (χ2n) is 5.78. The zero-order valence-electron chi connectivity index (χ0n) is 14.0. The van der Waals surface area contributed by atoms with Crippen molar-refractivity contribution in [2.45, 2.75) is 32.9 Å². The first-order valence-electron chi connectivity index (χ1n) is 7.97. The van der Waals surface area contributed by atoms with E-state index in [1.165, 1.54) is 10.8 Å². The molecule has 1 aliphatic rings. The topological polar surface area (TPSA) is 88.8 Å². The summed E-state index contributed by atoms with van der Waals surface area (Å²) in [5, 5.41) is 10.4. The summed E-state index contributed by atoms with van der Waals surface area (Å²) in [7, 11) is 0. The van der Waals surface area contributed by atoms with E-state index in [1.807, 2.05) is 32.0 Å². The molecule has 0 bridgehead atoms. The molecule has 1 aromatic carbocycles. The summed E-state index contributed by atoms with van der Waals surface area (Å²) >= 11 is 5.14. The van der Waals surface area contributed by atoms with Gasteiger partial charge in [0, 0.05) is 12.3 Å². The van der Waals surface area contributed by atoms with Gasteiger partial charge in [-0.3, -0.25) is 19.3 Å². The molecule has 2 heterocycles. The highest BCUT2D eigenvalue weighted by Gasteiger charge is 2.15. The van der Waals surface area contributed by atoms with Crippen molar-refractivity contribution in [1.29, 1.82) is 0 Å². The van der Waals surface area contributed by atoms with Crippen LogP contribution in [0.3, 0.4) is 0 Å². The third-order valence-corrected chi connectivity index (χ3v) is 4.41. The molecule has 0 saturated heterocycles. The summed E-state index contributed by atoms with van der Waals surface area (Å²) in [6.07, 6.45) is 2.13. The van der Waals surface area contributed by atoms with Crippen molar-refractivity contribution < 1.29 is 14.6 Å². The first-order valence-corrected chi connectivity index (χ1v) is 8.38. The smallest absolute Gasteiger partial charge is 0.264 e. The van der Waals surface area contributed by atoms with Crippen molar-refractivity contribution in [2.24, 2.45) is 4.99 Å². The number of fused-ring (bicyclic) bond motifs is 1. The lowest BCUT2D eigenvalue weighted by Crippen LogP contribution is -2.20. The molecule has 0 amide bonds. The van der Waals surface area contributed by atoms with Crippen molar-refractivity contribution in [2.75, 3.05) is 6.79 Å². The van der Waals surface area contributed by atoms with Crippen LogP contribution in [0.2, 0.25) is 0 Å². The second kappa shape index (κ2) is 7.10. The highest BCUT2D eigenvalue weighted by atomic mass is 32.1. The zero-order valence-corrected chi connectivity index (χ0v) is 14.8. The van der Waals surface area contributed by atoms with Gasteiger partial charge in [-0.1, -0.05) is 13.0 Å². The lowest BCUT2D eigenvalue weighted by molar-refractivity contribution is 0.174. The first-order chi connectivity index (χ1) is 12.0. The number of benzene rings is 1. The van der Waals surface area contributed by atoms with E-state index in [9.17, 15) is 9.90 Å². The number of aromatic amines is 1. The van der Waals surface area contributed by atoms with Gasteiger partial charge in [0.1, 0.15) is 5.56 Å². The van der Waals surface area contributed by atoms with Crippen molar-refractivity contribution in [3.63, 3.8) is 0 Å². The lowest BCUT2D eigenvalue weighted by Gasteiger charge is -2.16. The number of hydrogen-bond donors (Lipinski definition) is 2. The van der Waals surface area contributed by atoms with Crippen molar-refractivity contribution in [3.8, 4) is 17.4 Å². The molecule has 2 N–H and O–H groups in total. The number of hydrogen-bond acceptors (Lipinski definition) is 6. The van der Waals surface area contributed by atoms with Crippen molar-refractivity contribution >= 4 is 18.4 Å². The summed E-state index contributed by atoms with van der Waals surface area (Å²) in [5.41, 5.74) is 0.539. The quantitative estimate of drug-likeness (QED) is 0.631. The van der Waals surface area contributed by atoms with Crippen LogP contribution in [0.5, 0.6) is 17.4 Å². The number of nitrogens with one attached hydrogen (secondary N) is 1. The van der Waals surface area contributed by atoms with E-state index in [-0.39, 0.29) is 29.0 Å². The normalized spacial score (nSPS) is 14.2. The molecular formula is C17H19N3O4S. The van der Waals surface area contributed by atoms with Gasteiger partial charge in [0.2, 0.25) is 12.7 Å². The predicted octanol–water partition coefficient (Wildman–Crippen LogP) is 2.93. The summed E-state index contributed by atoms with van der Waals surface area (Å²) in [5.74, 6) is 1.22. The fourth-order valence-corrected chi connectivity index (χ4v) is 2.90. The Bertz CT molecular complexity index is 932. The number of nitrogens with zero attached hydrogens (tertiary/aromatic N) is 2. The summed E-state index contributed by atoms with van der Waals surface area (Å²) in [6.45, 7) is 4.45. The van der Waals surface area contributed by atoms with E-state index in [1.54, 1.807) is 0 Å². The van der Waals surface area contributed by atoms with Gasteiger partial charge < -0.3 is 14.6 Å². The molecule has 0 radical (unpaired) electrons. The number of H-pyrrole nitrogens is 1. The fourth-order valence-electron chi connectivity index (χ4n) is 2.54. The van der Waals surface area contributed by atoms with E-state index >= 15 is 0 Å². The van der Waals surface area contributed by atoms with Gasteiger partial charge in [-0.15, -0.1) is 0 Å². The molecule has 0 spiro atoms. The van der Waals surface area contributed by atoms with Crippen LogP contribution in [-0.2, 0) is 6.54 Å². The molecule has 3 rings (SSSR count). The Morgan fingerprint density at radius 1 is 1.44 bits per heavy atom. The molecule has 8 heteroatoms. The third kappa shape index (κ3) is 3.43. The molecule has 0 unspecified atom stereocenters. The van der Waals surface area contributed by atoms with E-state index < -0.39 is 5.56 Å². The van der Waals surface area contributed by atoms with E-state index in [4.69, 9.17) is 21.7 Å². The van der Waals surface area contributed by atoms with E-state index in [2.05, 4.69) is 9.98 Å². The number of aromatic hydroxyl groups is 1. The molecule has 0 saturated carbocycles. The van der Waals surface area contributed by atoms with Crippen LogP contribution >= 0.6 is 12.2 Å². The maximum atomic E-state index is 12.1. The number of aromatic nitrogens is 2. The van der Waals surface area contributed by atoms with Crippen LogP contribution in [-0.4, -0.2) is 27.7 Å². The van der Waals surface area contributed by atoms with Gasteiger partial charge >= 0.3 is 0 Å². The SMILES string of the molecule is CC[C@@H](C)n1c(O)c(C=NCc2ccc3c(c2)OCO3)c(=O)[nH]c1=S. The highest BCUT2D eigenvalue weighted by molar-refractivity contribution is 7.71. The fraction of sp³-hybridized carbons (Fsp3) is 0.353. The Morgan fingerprint density at radius 3 is 2.96 bits per heavy atom. The van der Waals surface area contributed by atoms with Crippen LogP contribution < -0.4 is 15.0 Å². The molecule has 132 valence electrons. The average molecular weight is 361 g/mol. The summed E-state index contributed by atoms with van der Waals surface area (Å²) < 4.78 is 12.3. The van der Waals surface area contributed by atoms with Gasteiger partial charge in [-0.05, 0) is 43.3 Å². The third-order valence-electron chi connectivity index (χ3n) is 4.12. The molecule has 0 fully saturated rings. The van der Waals surface area contributed by atoms with Gasteiger partial charge in [-0.25, -0.2) is 0 Å². The molecular weight excluding hydrogens is 342 g/mol. The lowest BCUT2D eigenvalue weighted by atomic mass is 10.2. The van der Waals surface area contributed by atoms with Crippen LogP contribution in [0.15, 0.2) is 28.0 Å². The minimum absolute atomic E-state index is 0.0367. The molecule has 1 atom stereocenters. The molecule has 25 heavy (non-hydrogen) atoms. The van der Waals surface area contributed by atoms with Crippen LogP contribution in [0.25, 0.3) is 0 Å². The number of aliphatic imine (C=N–C) groups is 1.